The molecule has 86 valence electrons. The van der Waals surface area contributed by atoms with E-state index in [1.807, 2.05) is 39.0 Å². The van der Waals surface area contributed by atoms with Crippen molar-refractivity contribution < 1.29 is 9.53 Å². The van der Waals surface area contributed by atoms with E-state index in [9.17, 15) is 4.79 Å². The molecule has 0 aliphatic heterocycles. The molecule has 0 N–H and O–H groups in total. The summed E-state index contributed by atoms with van der Waals surface area (Å²) in [4.78, 5) is 11.9. The molecule has 0 radical (unpaired) electrons. The maximum atomic E-state index is 11.3. The second kappa shape index (κ2) is 5.66. The van der Waals surface area contributed by atoms with Gasteiger partial charge in [-0.1, -0.05) is 31.5 Å². The van der Waals surface area contributed by atoms with E-state index in [2.05, 4.69) is 10.8 Å². The number of thiophene rings is 1. The molecule has 1 aromatic carbocycles. The van der Waals surface area contributed by atoms with Crippen LogP contribution >= 0.6 is 11.3 Å². The minimum atomic E-state index is -0.260. The zero-order valence-corrected chi connectivity index (χ0v) is 10.9. The lowest BCUT2D eigenvalue weighted by atomic mass is 10.2. The van der Waals surface area contributed by atoms with Gasteiger partial charge >= 0.3 is 5.97 Å². The summed E-state index contributed by atoms with van der Waals surface area (Å²) in [7, 11) is 1.40. The van der Waals surface area contributed by atoms with Crippen molar-refractivity contribution in [2.45, 2.75) is 20.8 Å². The topological polar surface area (TPSA) is 26.3 Å². The van der Waals surface area contributed by atoms with E-state index in [0.29, 0.717) is 4.88 Å². The standard InChI is InChI=1S/C11H10O2S.C2H6/c1-7-3-4-9-8(5-7)6-10(14-9)11(12)13-2;1-2/h3-6H,1-2H3;1-2H3. The Morgan fingerprint density at radius 3 is 2.56 bits per heavy atom. The van der Waals surface area contributed by atoms with Crippen molar-refractivity contribution in [1.29, 1.82) is 0 Å². The Kier molecular flexibility index (Phi) is 4.50. The first kappa shape index (κ1) is 12.7. The number of methoxy groups -OCH3 is 1. The highest BCUT2D eigenvalue weighted by molar-refractivity contribution is 7.20. The van der Waals surface area contributed by atoms with Crippen molar-refractivity contribution in [2.75, 3.05) is 7.11 Å². The van der Waals surface area contributed by atoms with Gasteiger partial charge in [-0.25, -0.2) is 4.79 Å². The lowest BCUT2D eigenvalue weighted by Crippen LogP contribution is -1.96. The Morgan fingerprint density at radius 2 is 1.94 bits per heavy atom. The van der Waals surface area contributed by atoms with E-state index in [4.69, 9.17) is 0 Å². The largest absolute Gasteiger partial charge is 0.465 e. The highest BCUT2D eigenvalue weighted by atomic mass is 32.1. The van der Waals surface area contributed by atoms with Crippen molar-refractivity contribution in [2.24, 2.45) is 0 Å². The van der Waals surface area contributed by atoms with Gasteiger partial charge in [0.2, 0.25) is 0 Å². The van der Waals surface area contributed by atoms with Gasteiger partial charge in [-0.05, 0) is 24.4 Å². The molecule has 0 aliphatic rings. The fraction of sp³-hybridized carbons (Fsp3) is 0.308. The molecule has 0 spiro atoms. The Morgan fingerprint density at radius 1 is 1.25 bits per heavy atom. The second-order valence-corrected chi connectivity index (χ2v) is 4.23. The van der Waals surface area contributed by atoms with Crippen molar-refractivity contribution in [3.05, 3.63) is 34.7 Å². The molecule has 0 fully saturated rings. The van der Waals surface area contributed by atoms with E-state index in [-0.39, 0.29) is 5.97 Å². The molecule has 0 saturated heterocycles. The third-order valence-corrected chi connectivity index (χ3v) is 3.15. The summed E-state index contributed by atoms with van der Waals surface area (Å²) in [6, 6.07) is 8.01. The summed E-state index contributed by atoms with van der Waals surface area (Å²) in [5.41, 5.74) is 1.20. The number of carbonyl (C=O) groups excluding carboxylic acids is 1. The van der Waals surface area contributed by atoms with Crippen molar-refractivity contribution in [3.8, 4) is 0 Å². The van der Waals surface area contributed by atoms with Crippen LogP contribution in [0.25, 0.3) is 10.1 Å². The van der Waals surface area contributed by atoms with Gasteiger partial charge in [0.05, 0.1) is 7.11 Å². The number of ether oxygens (including phenoxy) is 1. The Balaban J connectivity index is 0.000000606. The number of carbonyl (C=O) groups is 1. The number of hydrogen-bond donors (Lipinski definition) is 0. The minimum absolute atomic E-state index is 0.260. The summed E-state index contributed by atoms with van der Waals surface area (Å²) in [6.45, 7) is 6.04. The zero-order valence-electron chi connectivity index (χ0n) is 10.0. The first-order valence-electron chi connectivity index (χ1n) is 5.29. The van der Waals surface area contributed by atoms with E-state index in [1.165, 1.54) is 24.0 Å². The van der Waals surface area contributed by atoms with Gasteiger partial charge in [0.1, 0.15) is 4.88 Å². The van der Waals surface area contributed by atoms with Crippen molar-refractivity contribution in [3.63, 3.8) is 0 Å². The highest BCUT2D eigenvalue weighted by Crippen LogP contribution is 2.26. The first-order chi connectivity index (χ1) is 7.70. The quantitative estimate of drug-likeness (QED) is 0.699. The van der Waals surface area contributed by atoms with E-state index in [1.54, 1.807) is 0 Å². The van der Waals surface area contributed by atoms with Crippen LogP contribution in [0.15, 0.2) is 24.3 Å². The predicted molar refractivity (Wildman–Crippen MR) is 69.2 cm³/mol. The molecular weight excluding hydrogens is 220 g/mol. The smallest absolute Gasteiger partial charge is 0.348 e. The van der Waals surface area contributed by atoms with E-state index in [0.717, 1.165) is 10.1 Å². The summed E-state index contributed by atoms with van der Waals surface area (Å²) < 4.78 is 5.79. The predicted octanol–water partition coefficient (Wildman–Crippen LogP) is 4.02. The monoisotopic (exact) mass is 236 g/mol. The van der Waals surface area contributed by atoms with Crippen LogP contribution in [-0.2, 0) is 4.74 Å². The number of aryl methyl sites for hydroxylation is 1. The summed E-state index contributed by atoms with van der Waals surface area (Å²) in [6.07, 6.45) is 0. The lowest BCUT2D eigenvalue weighted by molar-refractivity contribution is 0.0606. The van der Waals surface area contributed by atoms with Gasteiger partial charge in [0.15, 0.2) is 0 Å². The number of benzene rings is 1. The lowest BCUT2D eigenvalue weighted by Gasteiger charge is -1.90. The van der Waals surface area contributed by atoms with Crippen LogP contribution in [0.1, 0.15) is 29.1 Å². The average molecular weight is 236 g/mol. The summed E-state index contributed by atoms with van der Waals surface area (Å²) >= 11 is 1.46. The zero-order chi connectivity index (χ0) is 12.1. The molecule has 2 rings (SSSR count). The third kappa shape index (κ3) is 2.61. The van der Waals surface area contributed by atoms with Crippen molar-refractivity contribution >= 4 is 27.4 Å². The molecule has 0 atom stereocenters. The van der Waals surface area contributed by atoms with Crippen LogP contribution < -0.4 is 0 Å². The van der Waals surface area contributed by atoms with E-state index < -0.39 is 0 Å². The fourth-order valence-corrected chi connectivity index (χ4v) is 2.33. The summed E-state index contributed by atoms with van der Waals surface area (Å²) in [5, 5.41) is 1.11. The molecule has 2 aromatic rings. The fourth-order valence-electron chi connectivity index (χ4n) is 1.36. The number of rotatable bonds is 1. The molecule has 0 aliphatic carbocycles. The van der Waals surface area contributed by atoms with Crippen LogP contribution in [-0.4, -0.2) is 13.1 Å². The van der Waals surface area contributed by atoms with Gasteiger partial charge < -0.3 is 4.74 Å². The number of fused-ring (bicyclic) bond motifs is 1. The Bertz CT molecular complexity index is 486. The normalized spacial score (nSPS) is 9.50. The minimum Gasteiger partial charge on any atom is -0.465 e. The molecule has 0 saturated carbocycles. The number of hydrogen-bond acceptors (Lipinski definition) is 3. The molecule has 1 heterocycles. The molecular formula is C13H16O2S. The van der Waals surface area contributed by atoms with Gasteiger partial charge in [-0.2, -0.15) is 0 Å². The van der Waals surface area contributed by atoms with Crippen LogP contribution in [0.3, 0.4) is 0 Å². The van der Waals surface area contributed by atoms with Crippen LogP contribution in [0.2, 0.25) is 0 Å². The van der Waals surface area contributed by atoms with E-state index >= 15 is 0 Å². The first-order valence-corrected chi connectivity index (χ1v) is 6.11. The molecule has 0 bridgehead atoms. The van der Waals surface area contributed by atoms with Crippen LogP contribution in [0.5, 0.6) is 0 Å². The van der Waals surface area contributed by atoms with Gasteiger partial charge in [0.25, 0.3) is 0 Å². The maximum Gasteiger partial charge on any atom is 0.348 e. The molecule has 0 unspecified atom stereocenters. The van der Waals surface area contributed by atoms with Crippen LogP contribution in [0, 0.1) is 6.92 Å². The molecule has 2 nitrogen and oxygen atoms in total. The SMILES string of the molecule is CC.COC(=O)c1cc2cc(C)ccc2s1. The van der Waals surface area contributed by atoms with Gasteiger partial charge in [0, 0.05) is 4.70 Å². The van der Waals surface area contributed by atoms with Crippen molar-refractivity contribution in [1.82, 2.24) is 0 Å². The van der Waals surface area contributed by atoms with Gasteiger partial charge in [-0.3, -0.25) is 0 Å². The Labute approximate surface area is 99.9 Å². The van der Waals surface area contributed by atoms with Gasteiger partial charge in [-0.15, -0.1) is 11.3 Å². The van der Waals surface area contributed by atoms with Crippen LogP contribution in [0.4, 0.5) is 0 Å². The number of esters is 1. The molecule has 0 amide bonds. The second-order valence-electron chi connectivity index (χ2n) is 3.14. The average Bonchev–Trinajstić information content (AvgIpc) is 2.73. The molecule has 3 heteroatoms. The third-order valence-electron chi connectivity index (χ3n) is 2.06. The summed E-state index contributed by atoms with van der Waals surface area (Å²) in [5.74, 6) is -0.260. The highest BCUT2D eigenvalue weighted by Gasteiger charge is 2.09. The molecule has 1 aromatic heterocycles. The Hall–Kier alpha value is -1.35. The maximum absolute atomic E-state index is 11.3. The molecule has 16 heavy (non-hydrogen) atoms.